The number of nitrogens with zero attached hydrogens (tertiary/aromatic N) is 2. The summed E-state index contributed by atoms with van der Waals surface area (Å²) in [5.41, 5.74) is 5.54. The number of aryl methyl sites for hydroxylation is 2. The van der Waals surface area contributed by atoms with Crippen LogP contribution < -0.4 is 0 Å². The summed E-state index contributed by atoms with van der Waals surface area (Å²) in [7, 11) is 0. The van der Waals surface area contributed by atoms with Crippen molar-refractivity contribution in [2.24, 2.45) is 4.99 Å². The van der Waals surface area contributed by atoms with Crippen LogP contribution in [0.15, 0.2) is 46.0 Å². The SMILES string of the molecule is CCc1cccc(CC)c1N=C(C)c1cccc(Br)n1. The highest BCUT2D eigenvalue weighted by Crippen LogP contribution is 2.26. The standard InChI is InChI=1S/C17H19BrN2/c1-4-13-8-6-9-14(5-2)17(13)19-12(3)15-10-7-11-16(18)20-15/h6-11H,4-5H2,1-3H3. The van der Waals surface area contributed by atoms with Crippen LogP contribution in [0.5, 0.6) is 0 Å². The van der Waals surface area contributed by atoms with Crippen LogP contribution in [-0.4, -0.2) is 10.7 Å². The quantitative estimate of drug-likeness (QED) is 0.564. The molecule has 0 fully saturated rings. The summed E-state index contributed by atoms with van der Waals surface area (Å²) in [6, 6.07) is 12.3. The van der Waals surface area contributed by atoms with Gasteiger partial charge in [-0.1, -0.05) is 38.1 Å². The molecule has 3 heteroatoms. The molecule has 0 aliphatic heterocycles. The molecule has 0 saturated carbocycles. The van der Waals surface area contributed by atoms with Gasteiger partial charge < -0.3 is 0 Å². The Kier molecular flexibility index (Phi) is 5.07. The highest BCUT2D eigenvalue weighted by molar-refractivity contribution is 9.10. The molecule has 1 heterocycles. The van der Waals surface area contributed by atoms with E-state index in [0.717, 1.165) is 34.5 Å². The molecule has 0 atom stereocenters. The normalized spacial score (nSPS) is 11.7. The van der Waals surface area contributed by atoms with Gasteiger partial charge in [0.15, 0.2) is 0 Å². The first-order chi connectivity index (χ1) is 9.65. The van der Waals surface area contributed by atoms with Crippen LogP contribution >= 0.6 is 15.9 Å². The van der Waals surface area contributed by atoms with Crippen molar-refractivity contribution in [2.75, 3.05) is 0 Å². The van der Waals surface area contributed by atoms with Crippen molar-refractivity contribution < 1.29 is 0 Å². The van der Waals surface area contributed by atoms with Crippen molar-refractivity contribution >= 4 is 27.3 Å². The summed E-state index contributed by atoms with van der Waals surface area (Å²) in [6.45, 7) is 6.35. The third kappa shape index (κ3) is 3.34. The van der Waals surface area contributed by atoms with Crippen molar-refractivity contribution in [1.82, 2.24) is 4.98 Å². The zero-order chi connectivity index (χ0) is 14.5. The number of rotatable bonds is 4. The minimum atomic E-state index is 0.837. The van der Waals surface area contributed by atoms with Crippen LogP contribution in [0, 0.1) is 0 Å². The lowest BCUT2D eigenvalue weighted by Gasteiger charge is -2.10. The molecule has 20 heavy (non-hydrogen) atoms. The molecule has 1 aromatic carbocycles. The highest BCUT2D eigenvalue weighted by Gasteiger charge is 2.07. The van der Waals surface area contributed by atoms with Gasteiger partial charge in [-0.25, -0.2) is 4.98 Å². The molecule has 0 saturated heterocycles. The fourth-order valence-electron chi connectivity index (χ4n) is 2.19. The van der Waals surface area contributed by atoms with E-state index in [9.17, 15) is 0 Å². The fourth-order valence-corrected chi connectivity index (χ4v) is 2.54. The zero-order valence-corrected chi connectivity index (χ0v) is 13.7. The summed E-state index contributed by atoms with van der Waals surface area (Å²) in [5.74, 6) is 0. The molecule has 0 aliphatic carbocycles. The highest BCUT2D eigenvalue weighted by atomic mass is 79.9. The van der Waals surface area contributed by atoms with Gasteiger partial charge >= 0.3 is 0 Å². The van der Waals surface area contributed by atoms with Crippen LogP contribution in [0.25, 0.3) is 0 Å². The van der Waals surface area contributed by atoms with Gasteiger partial charge in [-0.15, -0.1) is 0 Å². The van der Waals surface area contributed by atoms with Gasteiger partial charge in [0, 0.05) is 0 Å². The molecule has 0 radical (unpaired) electrons. The molecule has 2 aromatic rings. The number of benzene rings is 1. The average Bonchev–Trinajstić information content (AvgIpc) is 2.47. The number of para-hydroxylation sites is 1. The maximum Gasteiger partial charge on any atom is 0.106 e. The van der Waals surface area contributed by atoms with E-state index in [1.807, 2.05) is 25.1 Å². The van der Waals surface area contributed by atoms with Gasteiger partial charge in [-0.3, -0.25) is 4.99 Å². The van der Waals surface area contributed by atoms with E-state index >= 15 is 0 Å². The van der Waals surface area contributed by atoms with E-state index < -0.39 is 0 Å². The molecule has 0 aliphatic rings. The van der Waals surface area contributed by atoms with Crippen molar-refractivity contribution in [3.63, 3.8) is 0 Å². The van der Waals surface area contributed by atoms with E-state index in [1.165, 1.54) is 11.1 Å². The molecular weight excluding hydrogens is 312 g/mol. The minimum absolute atomic E-state index is 0.837. The van der Waals surface area contributed by atoms with E-state index in [-0.39, 0.29) is 0 Å². The second-order valence-electron chi connectivity index (χ2n) is 4.67. The Morgan fingerprint density at radius 2 is 1.65 bits per heavy atom. The van der Waals surface area contributed by atoms with Crippen molar-refractivity contribution in [3.05, 3.63) is 57.8 Å². The molecule has 0 bridgehead atoms. The lowest BCUT2D eigenvalue weighted by Crippen LogP contribution is -1.99. The zero-order valence-electron chi connectivity index (χ0n) is 12.2. The monoisotopic (exact) mass is 330 g/mol. The number of halogens is 1. The number of aliphatic imine (C=N–C) groups is 1. The molecule has 0 amide bonds. The van der Waals surface area contributed by atoms with E-state index in [4.69, 9.17) is 4.99 Å². The lowest BCUT2D eigenvalue weighted by molar-refractivity contribution is 1.08. The van der Waals surface area contributed by atoms with E-state index in [1.54, 1.807) is 0 Å². The Morgan fingerprint density at radius 1 is 1.05 bits per heavy atom. The summed E-state index contributed by atoms with van der Waals surface area (Å²) in [5, 5.41) is 0. The Hall–Kier alpha value is -1.48. The first-order valence-corrected chi connectivity index (χ1v) is 7.74. The summed E-state index contributed by atoms with van der Waals surface area (Å²) in [4.78, 5) is 9.31. The summed E-state index contributed by atoms with van der Waals surface area (Å²) in [6.07, 6.45) is 1.98. The Bertz CT molecular complexity index is 610. The van der Waals surface area contributed by atoms with Gasteiger partial charge in [0.25, 0.3) is 0 Å². The maximum atomic E-state index is 4.85. The van der Waals surface area contributed by atoms with Crippen molar-refractivity contribution in [1.29, 1.82) is 0 Å². The van der Waals surface area contributed by atoms with Crippen molar-refractivity contribution in [2.45, 2.75) is 33.6 Å². The van der Waals surface area contributed by atoms with Gasteiger partial charge in [0.05, 0.1) is 17.1 Å². The van der Waals surface area contributed by atoms with Gasteiger partial charge in [-0.2, -0.15) is 0 Å². The third-order valence-corrected chi connectivity index (χ3v) is 3.77. The van der Waals surface area contributed by atoms with E-state index in [0.29, 0.717) is 0 Å². The minimum Gasteiger partial charge on any atom is -0.251 e. The average molecular weight is 331 g/mol. The number of hydrogen-bond donors (Lipinski definition) is 0. The molecule has 0 unspecified atom stereocenters. The van der Waals surface area contributed by atoms with Gasteiger partial charge in [-0.05, 0) is 59.0 Å². The van der Waals surface area contributed by atoms with Crippen LogP contribution in [0.1, 0.15) is 37.6 Å². The molecule has 2 nitrogen and oxygen atoms in total. The Balaban J connectivity index is 2.49. The molecule has 104 valence electrons. The lowest BCUT2D eigenvalue weighted by atomic mass is 10.0. The molecule has 0 spiro atoms. The number of hydrogen-bond acceptors (Lipinski definition) is 2. The van der Waals surface area contributed by atoms with Crippen LogP contribution in [0.4, 0.5) is 5.69 Å². The molecule has 2 rings (SSSR count). The molecule has 0 N–H and O–H groups in total. The smallest absolute Gasteiger partial charge is 0.106 e. The van der Waals surface area contributed by atoms with Crippen LogP contribution in [0.3, 0.4) is 0 Å². The summed E-state index contributed by atoms with van der Waals surface area (Å²) >= 11 is 3.41. The Labute approximate surface area is 129 Å². The van der Waals surface area contributed by atoms with Crippen LogP contribution in [0.2, 0.25) is 0 Å². The predicted molar refractivity (Wildman–Crippen MR) is 89.0 cm³/mol. The first-order valence-electron chi connectivity index (χ1n) is 6.94. The number of pyridine rings is 1. The van der Waals surface area contributed by atoms with Gasteiger partial charge in [0.1, 0.15) is 4.60 Å². The molecular formula is C17H19BrN2. The third-order valence-electron chi connectivity index (χ3n) is 3.33. The Morgan fingerprint density at radius 3 is 2.20 bits per heavy atom. The largest absolute Gasteiger partial charge is 0.251 e. The summed E-state index contributed by atoms with van der Waals surface area (Å²) < 4.78 is 0.837. The first kappa shape index (κ1) is 14.9. The molecule has 1 aromatic heterocycles. The maximum absolute atomic E-state index is 4.85. The van der Waals surface area contributed by atoms with Crippen molar-refractivity contribution in [3.8, 4) is 0 Å². The number of aromatic nitrogens is 1. The van der Waals surface area contributed by atoms with E-state index in [2.05, 4.69) is 53.0 Å². The second kappa shape index (κ2) is 6.80. The topological polar surface area (TPSA) is 25.2 Å². The second-order valence-corrected chi connectivity index (χ2v) is 5.49. The van der Waals surface area contributed by atoms with Gasteiger partial charge in [0.2, 0.25) is 0 Å². The fraction of sp³-hybridized carbons (Fsp3) is 0.294. The predicted octanol–water partition coefficient (Wildman–Crippen LogP) is 5.11. The van der Waals surface area contributed by atoms with Crippen LogP contribution in [-0.2, 0) is 12.8 Å².